The molecule has 4 nitrogen and oxygen atoms in total. The van der Waals surface area contributed by atoms with E-state index >= 15 is 0 Å². The number of nitrogens with zero attached hydrogens (tertiary/aromatic N) is 1. The molecule has 2 heterocycles. The Kier molecular flexibility index (Phi) is 3.74. The van der Waals surface area contributed by atoms with Crippen LogP contribution in [0.15, 0.2) is 12.1 Å². The third-order valence-electron chi connectivity index (χ3n) is 2.72. The number of ether oxygens (including phenoxy) is 2. The highest BCUT2D eigenvalue weighted by Crippen LogP contribution is 2.16. The summed E-state index contributed by atoms with van der Waals surface area (Å²) in [5, 5.41) is 0. The zero-order chi connectivity index (χ0) is 11.4. The average Bonchev–Trinajstić information content (AvgIpc) is 2.78. The van der Waals surface area contributed by atoms with Gasteiger partial charge in [-0.2, -0.15) is 0 Å². The first-order chi connectivity index (χ1) is 7.78. The maximum Gasteiger partial charge on any atom is 0.213 e. The fourth-order valence-corrected chi connectivity index (χ4v) is 1.82. The highest BCUT2D eigenvalue weighted by atomic mass is 16.5. The van der Waals surface area contributed by atoms with Gasteiger partial charge in [0.1, 0.15) is 0 Å². The van der Waals surface area contributed by atoms with Crippen LogP contribution < -0.4 is 10.5 Å². The molecular weight excluding hydrogens is 204 g/mol. The molecule has 1 aromatic rings. The van der Waals surface area contributed by atoms with Gasteiger partial charge in [0.15, 0.2) is 0 Å². The Morgan fingerprint density at radius 1 is 1.56 bits per heavy atom. The molecule has 0 radical (unpaired) electrons. The van der Waals surface area contributed by atoms with E-state index in [1.165, 1.54) is 0 Å². The van der Waals surface area contributed by atoms with Gasteiger partial charge in [-0.05, 0) is 25.0 Å². The maximum atomic E-state index is 5.67. The molecule has 1 atom stereocenters. The lowest BCUT2D eigenvalue weighted by Crippen LogP contribution is -2.12. The minimum absolute atomic E-state index is 0.503. The van der Waals surface area contributed by atoms with Crippen LogP contribution in [0.4, 0.5) is 0 Å². The zero-order valence-electron chi connectivity index (χ0n) is 9.61. The van der Waals surface area contributed by atoms with Crippen molar-refractivity contribution in [1.29, 1.82) is 0 Å². The number of hydrogen-bond acceptors (Lipinski definition) is 4. The van der Waals surface area contributed by atoms with Crippen LogP contribution >= 0.6 is 0 Å². The van der Waals surface area contributed by atoms with E-state index in [1.54, 1.807) is 0 Å². The molecule has 0 bridgehead atoms. The molecule has 1 saturated heterocycles. The summed E-state index contributed by atoms with van der Waals surface area (Å²) in [6.07, 6.45) is 1.08. The van der Waals surface area contributed by atoms with Crippen LogP contribution in [0.2, 0.25) is 0 Å². The van der Waals surface area contributed by atoms with Crippen molar-refractivity contribution in [2.24, 2.45) is 11.7 Å². The van der Waals surface area contributed by atoms with Gasteiger partial charge in [0.25, 0.3) is 0 Å². The molecule has 1 aliphatic heterocycles. The highest BCUT2D eigenvalue weighted by Gasteiger charge is 2.16. The van der Waals surface area contributed by atoms with Crippen molar-refractivity contribution in [1.82, 2.24) is 4.98 Å². The number of nitrogens with two attached hydrogens (primary N) is 1. The Bertz CT molecular complexity index is 349. The molecule has 1 fully saturated rings. The molecule has 0 spiro atoms. The van der Waals surface area contributed by atoms with Gasteiger partial charge in [-0.1, -0.05) is 0 Å². The molecule has 88 valence electrons. The van der Waals surface area contributed by atoms with E-state index in [0.29, 0.717) is 24.9 Å². The van der Waals surface area contributed by atoms with Gasteiger partial charge in [0, 0.05) is 30.8 Å². The van der Waals surface area contributed by atoms with E-state index in [2.05, 4.69) is 4.98 Å². The monoisotopic (exact) mass is 222 g/mol. The van der Waals surface area contributed by atoms with E-state index in [-0.39, 0.29) is 0 Å². The number of aryl methyl sites for hydroxylation is 1. The van der Waals surface area contributed by atoms with Gasteiger partial charge in [-0.15, -0.1) is 0 Å². The smallest absolute Gasteiger partial charge is 0.213 e. The van der Waals surface area contributed by atoms with Crippen molar-refractivity contribution in [3.63, 3.8) is 0 Å². The Hall–Kier alpha value is -1.13. The Morgan fingerprint density at radius 3 is 3.12 bits per heavy atom. The van der Waals surface area contributed by atoms with Crippen LogP contribution in [-0.4, -0.2) is 24.8 Å². The molecule has 1 unspecified atom stereocenters. The quantitative estimate of drug-likeness (QED) is 0.833. The van der Waals surface area contributed by atoms with Crippen molar-refractivity contribution in [3.8, 4) is 5.88 Å². The molecule has 2 N–H and O–H groups in total. The molecule has 0 amide bonds. The van der Waals surface area contributed by atoms with E-state index in [9.17, 15) is 0 Å². The van der Waals surface area contributed by atoms with Crippen LogP contribution in [0.3, 0.4) is 0 Å². The Labute approximate surface area is 95.8 Å². The molecule has 1 aromatic heterocycles. The lowest BCUT2D eigenvalue weighted by molar-refractivity contribution is 0.165. The summed E-state index contributed by atoms with van der Waals surface area (Å²) >= 11 is 0. The number of aromatic nitrogens is 1. The first-order valence-electron chi connectivity index (χ1n) is 5.66. The van der Waals surface area contributed by atoms with Crippen LogP contribution in [0.1, 0.15) is 17.7 Å². The largest absolute Gasteiger partial charge is 0.477 e. The SMILES string of the molecule is Cc1cc(CN)cc(OCC2CCOC2)n1. The van der Waals surface area contributed by atoms with E-state index in [4.69, 9.17) is 15.2 Å². The third kappa shape index (κ3) is 2.93. The first kappa shape index (κ1) is 11.4. The van der Waals surface area contributed by atoms with Crippen molar-refractivity contribution >= 4 is 0 Å². The van der Waals surface area contributed by atoms with Crippen LogP contribution in [-0.2, 0) is 11.3 Å². The van der Waals surface area contributed by atoms with Crippen molar-refractivity contribution in [2.45, 2.75) is 19.9 Å². The second-order valence-electron chi connectivity index (χ2n) is 4.20. The third-order valence-corrected chi connectivity index (χ3v) is 2.72. The lowest BCUT2D eigenvalue weighted by atomic mass is 10.1. The predicted molar refractivity (Wildman–Crippen MR) is 61.3 cm³/mol. The maximum absolute atomic E-state index is 5.67. The van der Waals surface area contributed by atoms with Gasteiger partial charge in [-0.25, -0.2) is 4.98 Å². The van der Waals surface area contributed by atoms with Gasteiger partial charge >= 0.3 is 0 Å². The molecule has 0 aliphatic carbocycles. The molecule has 2 rings (SSSR count). The first-order valence-corrected chi connectivity index (χ1v) is 5.66. The molecule has 16 heavy (non-hydrogen) atoms. The standard InChI is InChI=1S/C12H18N2O2/c1-9-4-11(6-13)5-12(14-9)16-8-10-2-3-15-7-10/h4-5,10H,2-3,6-8,13H2,1H3. The van der Waals surface area contributed by atoms with Crippen LogP contribution in [0.25, 0.3) is 0 Å². The average molecular weight is 222 g/mol. The van der Waals surface area contributed by atoms with E-state index in [0.717, 1.165) is 30.9 Å². The van der Waals surface area contributed by atoms with Crippen molar-refractivity contribution in [3.05, 3.63) is 23.4 Å². The van der Waals surface area contributed by atoms with Gasteiger partial charge in [0.2, 0.25) is 5.88 Å². The fourth-order valence-electron chi connectivity index (χ4n) is 1.82. The van der Waals surface area contributed by atoms with Gasteiger partial charge in [-0.3, -0.25) is 0 Å². The van der Waals surface area contributed by atoms with E-state index < -0.39 is 0 Å². The molecule has 1 aliphatic rings. The summed E-state index contributed by atoms with van der Waals surface area (Å²) in [5.41, 5.74) is 7.61. The van der Waals surface area contributed by atoms with Crippen molar-refractivity contribution < 1.29 is 9.47 Å². The normalized spacial score (nSPS) is 20.0. The summed E-state index contributed by atoms with van der Waals surface area (Å²) in [5.74, 6) is 1.18. The summed E-state index contributed by atoms with van der Waals surface area (Å²) in [7, 11) is 0. The predicted octanol–water partition coefficient (Wildman–Crippen LogP) is 1.26. The Balaban J connectivity index is 1.94. The second kappa shape index (κ2) is 5.27. The lowest BCUT2D eigenvalue weighted by Gasteiger charge is -2.10. The Morgan fingerprint density at radius 2 is 2.44 bits per heavy atom. The summed E-state index contributed by atoms with van der Waals surface area (Å²) in [6, 6.07) is 3.88. The minimum Gasteiger partial charge on any atom is -0.477 e. The second-order valence-corrected chi connectivity index (χ2v) is 4.20. The zero-order valence-corrected chi connectivity index (χ0v) is 9.61. The summed E-state index contributed by atoms with van der Waals surface area (Å²) in [6.45, 7) is 4.80. The van der Waals surface area contributed by atoms with E-state index in [1.807, 2.05) is 19.1 Å². The van der Waals surface area contributed by atoms with Gasteiger partial charge < -0.3 is 15.2 Å². The molecular formula is C12H18N2O2. The topological polar surface area (TPSA) is 57.4 Å². The minimum atomic E-state index is 0.503. The number of pyridine rings is 1. The molecule has 4 heteroatoms. The molecule has 0 saturated carbocycles. The van der Waals surface area contributed by atoms with Crippen LogP contribution in [0, 0.1) is 12.8 Å². The molecule has 0 aromatic carbocycles. The fraction of sp³-hybridized carbons (Fsp3) is 0.583. The number of rotatable bonds is 4. The summed E-state index contributed by atoms with van der Waals surface area (Å²) < 4.78 is 11.0. The number of hydrogen-bond donors (Lipinski definition) is 1. The summed E-state index contributed by atoms with van der Waals surface area (Å²) in [4.78, 5) is 4.32. The van der Waals surface area contributed by atoms with Crippen LogP contribution in [0.5, 0.6) is 5.88 Å². The van der Waals surface area contributed by atoms with Crippen molar-refractivity contribution in [2.75, 3.05) is 19.8 Å². The highest BCUT2D eigenvalue weighted by molar-refractivity contribution is 5.24. The van der Waals surface area contributed by atoms with Gasteiger partial charge in [0.05, 0.1) is 13.2 Å².